The monoisotopic (exact) mass is 574 g/mol. The minimum Gasteiger partial charge on any atom is -0.284 e. The van der Waals surface area contributed by atoms with Gasteiger partial charge in [-0.25, -0.2) is 14.2 Å². The van der Waals surface area contributed by atoms with E-state index in [0.717, 1.165) is 16.7 Å². The maximum absolute atomic E-state index is 13.5. The molecule has 0 spiro atoms. The number of hydrogen-bond acceptors (Lipinski definition) is 7. The molecule has 0 saturated carbocycles. The van der Waals surface area contributed by atoms with E-state index in [1.807, 2.05) is 91.0 Å². The van der Waals surface area contributed by atoms with E-state index in [4.69, 9.17) is 18.7 Å². The summed E-state index contributed by atoms with van der Waals surface area (Å²) in [7, 11) is -4.00. The van der Waals surface area contributed by atoms with Gasteiger partial charge in [0.1, 0.15) is 17.9 Å². The van der Waals surface area contributed by atoms with Crippen molar-refractivity contribution in [3.05, 3.63) is 130 Å². The molecular formula is C30H35N6O4P. The Morgan fingerprint density at radius 1 is 0.780 bits per heavy atom. The molecule has 0 saturated heterocycles. The minimum absolute atomic E-state index is 0.197. The van der Waals surface area contributed by atoms with Gasteiger partial charge in [-0.2, -0.15) is 5.10 Å². The molecule has 0 bridgehead atoms. The average Bonchev–Trinajstić information content (AvgIpc) is 3.42. The Hall–Kier alpha value is -3.78. The number of benzene rings is 3. The summed E-state index contributed by atoms with van der Waals surface area (Å²) in [4.78, 5) is 7.60. The van der Waals surface area contributed by atoms with Crippen molar-refractivity contribution in [2.24, 2.45) is 5.11 Å². The maximum Gasteiger partial charge on any atom is 0.475 e. The van der Waals surface area contributed by atoms with Crippen LogP contribution in [0.2, 0.25) is 0 Å². The number of azide groups is 1. The molecule has 2 unspecified atom stereocenters. The first-order chi connectivity index (χ1) is 19.7. The van der Waals surface area contributed by atoms with E-state index < -0.39 is 37.7 Å². The van der Waals surface area contributed by atoms with Gasteiger partial charge in [-0.15, -0.1) is 0 Å². The standard InChI is InChI=1S/C30H35N6O4P/c1-22(2)38-41(37,39-23(3)4)40-24(5)28(33-35-31)29-32-21-36(34-29)30(25-15-9-6-10-16-25,26-17-11-7-12-18-26)27-19-13-8-14-20-27/h6-24,28H,1-5H3. The summed E-state index contributed by atoms with van der Waals surface area (Å²) in [5, 5.41) is 8.83. The molecule has 1 heterocycles. The second-order valence-electron chi connectivity index (χ2n) is 10.1. The molecule has 0 N–H and O–H groups in total. The smallest absolute Gasteiger partial charge is 0.284 e. The van der Waals surface area contributed by atoms with Crippen molar-refractivity contribution in [2.75, 3.05) is 0 Å². The molecule has 0 radical (unpaired) electrons. The second kappa shape index (κ2) is 13.3. The number of nitrogens with zero attached hydrogens (tertiary/aromatic N) is 6. The summed E-state index contributed by atoms with van der Waals surface area (Å²) in [6.07, 6.45) is -0.177. The largest absolute Gasteiger partial charge is 0.475 e. The summed E-state index contributed by atoms with van der Waals surface area (Å²) in [5.41, 5.74) is 11.4. The van der Waals surface area contributed by atoms with E-state index in [1.54, 1.807) is 45.6 Å². The number of aromatic nitrogens is 3. The van der Waals surface area contributed by atoms with Gasteiger partial charge in [-0.05, 0) is 56.8 Å². The van der Waals surface area contributed by atoms with Crippen molar-refractivity contribution in [1.29, 1.82) is 0 Å². The van der Waals surface area contributed by atoms with Gasteiger partial charge in [-0.3, -0.25) is 13.6 Å². The molecule has 214 valence electrons. The summed E-state index contributed by atoms with van der Waals surface area (Å²) in [6.45, 7) is 8.55. The lowest BCUT2D eigenvalue weighted by molar-refractivity contribution is 0.0437. The van der Waals surface area contributed by atoms with Crippen LogP contribution in [0.1, 0.15) is 63.2 Å². The van der Waals surface area contributed by atoms with E-state index in [-0.39, 0.29) is 5.82 Å². The molecule has 3 aromatic carbocycles. The molecule has 10 nitrogen and oxygen atoms in total. The summed E-state index contributed by atoms with van der Waals surface area (Å²) < 4.78 is 32.2. The van der Waals surface area contributed by atoms with Gasteiger partial charge < -0.3 is 0 Å². The van der Waals surface area contributed by atoms with Crippen molar-refractivity contribution < 1.29 is 18.1 Å². The molecule has 0 aliphatic rings. The molecule has 2 atom stereocenters. The predicted octanol–water partition coefficient (Wildman–Crippen LogP) is 7.83. The highest BCUT2D eigenvalue weighted by atomic mass is 31.2. The van der Waals surface area contributed by atoms with Crippen molar-refractivity contribution in [3.63, 3.8) is 0 Å². The zero-order chi connectivity index (χ0) is 29.5. The van der Waals surface area contributed by atoms with Gasteiger partial charge >= 0.3 is 7.82 Å². The molecule has 0 fully saturated rings. The topological polar surface area (TPSA) is 124 Å². The lowest BCUT2D eigenvalue weighted by Gasteiger charge is -2.36. The van der Waals surface area contributed by atoms with Crippen molar-refractivity contribution in [1.82, 2.24) is 14.8 Å². The van der Waals surface area contributed by atoms with Crippen LogP contribution in [0, 0.1) is 0 Å². The zero-order valence-corrected chi connectivity index (χ0v) is 24.7. The normalized spacial score (nSPS) is 13.6. The second-order valence-corrected chi connectivity index (χ2v) is 11.6. The van der Waals surface area contributed by atoms with Crippen LogP contribution in [-0.2, 0) is 23.7 Å². The van der Waals surface area contributed by atoms with Crippen LogP contribution in [0.15, 0.2) is 102 Å². The molecule has 11 heteroatoms. The first-order valence-electron chi connectivity index (χ1n) is 13.5. The minimum atomic E-state index is -4.00. The third-order valence-corrected chi connectivity index (χ3v) is 8.24. The van der Waals surface area contributed by atoms with Crippen LogP contribution >= 0.6 is 7.82 Å². The number of phosphoric acid groups is 1. The highest BCUT2D eigenvalue weighted by Gasteiger charge is 2.41. The maximum atomic E-state index is 13.5. The Kier molecular flexibility index (Phi) is 9.76. The van der Waals surface area contributed by atoms with Crippen LogP contribution in [-0.4, -0.2) is 33.1 Å². The van der Waals surface area contributed by atoms with Crippen LogP contribution < -0.4 is 0 Å². The Balaban J connectivity index is 1.85. The van der Waals surface area contributed by atoms with Gasteiger partial charge in [-0.1, -0.05) is 96.1 Å². The number of phosphoric ester groups is 1. The Morgan fingerprint density at radius 3 is 1.61 bits per heavy atom. The first kappa shape index (κ1) is 30.2. The highest BCUT2D eigenvalue weighted by molar-refractivity contribution is 7.48. The summed E-state index contributed by atoms with van der Waals surface area (Å²) in [5.74, 6) is 0.197. The van der Waals surface area contributed by atoms with Gasteiger partial charge in [0.15, 0.2) is 5.82 Å². The number of rotatable bonds is 13. The zero-order valence-electron chi connectivity index (χ0n) is 23.8. The Labute approximate surface area is 240 Å². The Morgan fingerprint density at radius 2 is 1.22 bits per heavy atom. The SMILES string of the molecule is CC(C)OP(=O)(OC(C)C)OC(C)C(N=[N+]=[N-])c1ncn(C(c2ccccc2)(c2ccccc2)c2ccccc2)n1. The fourth-order valence-electron chi connectivity index (χ4n) is 4.77. The highest BCUT2D eigenvalue weighted by Crippen LogP contribution is 2.54. The summed E-state index contributed by atoms with van der Waals surface area (Å²) in [6, 6.07) is 29.0. The lowest BCUT2D eigenvalue weighted by atomic mass is 9.77. The first-order valence-corrected chi connectivity index (χ1v) is 14.9. The molecule has 0 amide bonds. The molecule has 0 aliphatic carbocycles. The Bertz CT molecular complexity index is 1380. The number of hydrogen-bond donors (Lipinski definition) is 0. The van der Waals surface area contributed by atoms with Crippen LogP contribution in [0.25, 0.3) is 10.4 Å². The fourth-order valence-corrected chi connectivity index (χ4v) is 6.48. The van der Waals surface area contributed by atoms with Crippen LogP contribution in [0.3, 0.4) is 0 Å². The van der Waals surface area contributed by atoms with Crippen LogP contribution in [0.4, 0.5) is 0 Å². The van der Waals surface area contributed by atoms with E-state index in [9.17, 15) is 10.1 Å². The molecule has 4 rings (SSSR count). The predicted molar refractivity (Wildman–Crippen MR) is 157 cm³/mol. The van der Waals surface area contributed by atoms with Gasteiger partial charge in [0.25, 0.3) is 0 Å². The average molecular weight is 575 g/mol. The van der Waals surface area contributed by atoms with Crippen molar-refractivity contribution >= 4 is 7.82 Å². The lowest BCUT2D eigenvalue weighted by Crippen LogP contribution is -2.38. The van der Waals surface area contributed by atoms with Gasteiger partial charge in [0, 0.05) is 4.91 Å². The molecule has 41 heavy (non-hydrogen) atoms. The van der Waals surface area contributed by atoms with E-state index in [1.165, 1.54) is 0 Å². The third-order valence-electron chi connectivity index (χ3n) is 6.29. The molecule has 0 aliphatic heterocycles. The van der Waals surface area contributed by atoms with E-state index >= 15 is 0 Å². The molecular weight excluding hydrogens is 539 g/mol. The fraction of sp³-hybridized carbons (Fsp3) is 0.333. The quantitative estimate of drug-likeness (QED) is 0.0527. The van der Waals surface area contributed by atoms with E-state index in [0.29, 0.717) is 0 Å². The third kappa shape index (κ3) is 6.76. The van der Waals surface area contributed by atoms with Crippen LogP contribution in [0.5, 0.6) is 0 Å². The van der Waals surface area contributed by atoms with Crippen molar-refractivity contribution in [2.45, 2.75) is 64.5 Å². The molecule has 1 aromatic heterocycles. The van der Waals surface area contributed by atoms with E-state index in [2.05, 4.69) is 15.0 Å². The van der Waals surface area contributed by atoms with Crippen molar-refractivity contribution in [3.8, 4) is 0 Å². The van der Waals surface area contributed by atoms with Gasteiger partial charge in [0.05, 0.1) is 18.3 Å². The molecule has 4 aromatic rings. The summed E-state index contributed by atoms with van der Waals surface area (Å²) >= 11 is 0. The van der Waals surface area contributed by atoms with Gasteiger partial charge in [0.2, 0.25) is 0 Å².